The molecule has 126 valence electrons. The number of para-hydroxylation sites is 1. The van der Waals surface area contributed by atoms with E-state index in [0.29, 0.717) is 24.7 Å². The van der Waals surface area contributed by atoms with Gasteiger partial charge in [-0.1, -0.05) is 42.5 Å². The average molecular weight is 333 g/mol. The van der Waals surface area contributed by atoms with Gasteiger partial charge in [-0.3, -0.25) is 9.69 Å². The molecule has 0 bridgehead atoms. The minimum atomic E-state index is -0.341. The summed E-state index contributed by atoms with van der Waals surface area (Å²) in [5.41, 5.74) is 7.87. The minimum Gasteiger partial charge on any atom is -0.383 e. The zero-order chi connectivity index (χ0) is 17.2. The lowest BCUT2D eigenvalue weighted by Gasteiger charge is -2.34. The Balaban J connectivity index is 1.67. The maximum absolute atomic E-state index is 12.5. The molecule has 0 spiro atoms. The van der Waals surface area contributed by atoms with E-state index in [1.54, 1.807) is 0 Å². The number of nitrogens with two attached hydrogens (primary N) is 1. The van der Waals surface area contributed by atoms with Crippen LogP contribution in [0.2, 0.25) is 0 Å². The number of benzene rings is 2. The summed E-state index contributed by atoms with van der Waals surface area (Å²) in [5.74, 6) is 1.11. The molecule has 1 aliphatic heterocycles. The van der Waals surface area contributed by atoms with Crippen LogP contribution in [-0.2, 0) is 11.3 Å². The number of anilines is 1. The summed E-state index contributed by atoms with van der Waals surface area (Å²) >= 11 is 0. The van der Waals surface area contributed by atoms with Gasteiger partial charge in [0.2, 0.25) is 5.91 Å². The van der Waals surface area contributed by atoms with E-state index in [4.69, 9.17) is 5.73 Å². The molecule has 0 unspecified atom stereocenters. The highest BCUT2D eigenvalue weighted by Crippen LogP contribution is 2.25. The number of aromatic nitrogens is 2. The van der Waals surface area contributed by atoms with Crippen LogP contribution in [0.5, 0.6) is 0 Å². The molecule has 4 rings (SSSR count). The van der Waals surface area contributed by atoms with Gasteiger partial charge in [0.15, 0.2) is 0 Å². The first-order valence-electron chi connectivity index (χ1n) is 8.30. The smallest absolute Gasteiger partial charge is 0.242 e. The number of nitrogen functional groups attached to an aromatic ring is 1. The molecule has 1 saturated heterocycles. The second kappa shape index (κ2) is 6.49. The van der Waals surface area contributed by atoms with Gasteiger partial charge < -0.3 is 11.1 Å². The number of rotatable bonds is 3. The van der Waals surface area contributed by atoms with E-state index in [9.17, 15) is 4.79 Å². The van der Waals surface area contributed by atoms with Gasteiger partial charge in [0.05, 0.1) is 12.1 Å². The SMILES string of the molecule is Nc1nc(CN2CCNC(=O)[C@@H]2c2ccccc2)nc2ccccc12. The lowest BCUT2D eigenvalue weighted by molar-refractivity contribution is -0.129. The third-order valence-corrected chi connectivity index (χ3v) is 4.45. The Kier molecular flexibility index (Phi) is 4.03. The van der Waals surface area contributed by atoms with Crippen molar-refractivity contribution >= 4 is 22.6 Å². The van der Waals surface area contributed by atoms with Gasteiger partial charge in [0.1, 0.15) is 17.7 Å². The molecule has 1 fully saturated rings. The highest BCUT2D eigenvalue weighted by atomic mass is 16.2. The predicted molar refractivity (Wildman–Crippen MR) is 96.6 cm³/mol. The molecular weight excluding hydrogens is 314 g/mol. The zero-order valence-corrected chi connectivity index (χ0v) is 13.7. The Morgan fingerprint density at radius 1 is 1.08 bits per heavy atom. The fourth-order valence-electron chi connectivity index (χ4n) is 3.29. The molecule has 25 heavy (non-hydrogen) atoms. The number of piperazine rings is 1. The quantitative estimate of drug-likeness (QED) is 0.764. The van der Waals surface area contributed by atoms with Crippen molar-refractivity contribution in [3.05, 3.63) is 66.0 Å². The molecule has 6 heteroatoms. The number of hydrogen-bond donors (Lipinski definition) is 2. The van der Waals surface area contributed by atoms with Crippen molar-refractivity contribution < 1.29 is 4.79 Å². The van der Waals surface area contributed by atoms with E-state index in [1.807, 2.05) is 54.6 Å². The second-order valence-electron chi connectivity index (χ2n) is 6.12. The number of carbonyl (C=O) groups is 1. The number of nitrogens with one attached hydrogen (secondary N) is 1. The largest absolute Gasteiger partial charge is 0.383 e. The maximum Gasteiger partial charge on any atom is 0.242 e. The molecule has 3 aromatic rings. The number of fused-ring (bicyclic) bond motifs is 1. The summed E-state index contributed by atoms with van der Waals surface area (Å²) in [4.78, 5) is 23.6. The van der Waals surface area contributed by atoms with Crippen LogP contribution in [0.25, 0.3) is 10.9 Å². The molecule has 2 aromatic carbocycles. The molecule has 1 atom stereocenters. The summed E-state index contributed by atoms with van der Waals surface area (Å²) in [6.45, 7) is 1.83. The van der Waals surface area contributed by atoms with Gasteiger partial charge in [-0.05, 0) is 17.7 Å². The van der Waals surface area contributed by atoms with Crippen molar-refractivity contribution in [2.45, 2.75) is 12.6 Å². The first kappa shape index (κ1) is 15.5. The summed E-state index contributed by atoms with van der Waals surface area (Å²) < 4.78 is 0. The van der Waals surface area contributed by atoms with E-state index in [1.165, 1.54) is 0 Å². The lowest BCUT2D eigenvalue weighted by Crippen LogP contribution is -2.49. The topological polar surface area (TPSA) is 84.1 Å². The Morgan fingerprint density at radius 2 is 1.84 bits per heavy atom. The van der Waals surface area contributed by atoms with Crippen molar-refractivity contribution in [2.24, 2.45) is 0 Å². The third kappa shape index (κ3) is 3.04. The molecule has 1 amide bonds. The fraction of sp³-hybridized carbons (Fsp3) is 0.211. The molecule has 2 heterocycles. The standard InChI is InChI=1S/C19H19N5O/c20-18-14-8-4-5-9-15(14)22-16(23-18)12-24-11-10-21-19(25)17(24)13-6-2-1-3-7-13/h1-9,17H,10-12H2,(H,21,25)(H2,20,22,23)/t17-/m0/s1. The number of carbonyl (C=O) groups excluding carboxylic acids is 1. The van der Waals surface area contributed by atoms with E-state index in [-0.39, 0.29) is 11.9 Å². The number of nitrogens with zero attached hydrogens (tertiary/aromatic N) is 3. The molecule has 6 nitrogen and oxygen atoms in total. The third-order valence-electron chi connectivity index (χ3n) is 4.45. The van der Waals surface area contributed by atoms with Crippen molar-refractivity contribution in [2.75, 3.05) is 18.8 Å². The van der Waals surface area contributed by atoms with Crippen molar-refractivity contribution in [1.29, 1.82) is 0 Å². The van der Waals surface area contributed by atoms with Crippen molar-refractivity contribution in [3.8, 4) is 0 Å². The molecular formula is C19H19N5O. The molecule has 3 N–H and O–H groups in total. The molecule has 1 aromatic heterocycles. The van der Waals surface area contributed by atoms with Gasteiger partial charge >= 0.3 is 0 Å². The zero-order valence-electron chi connectivity index (χ0n) is 13.7. The summed E-state index contributed by atoms with van der Waals surface area (Å²) in [6, 6.07) is 17.1. The summed E-state index contributed by atoms with van der Waals surface area (Å²) in [7, 11) is 0. The number of amides is 1. The van der Waals surface area contributed by atoms with Crippen LogP contribution in [0.1, 0.15) is 17.4 Å². The van der Waals surface area contributed by atoms with Gasteiger partial charge in [-0.2, -0.15) is 0 Å². The van der Waals surface area contributed by atoms with Gasteiger partial charge in [-0.25, -0.2) is 9.97 Å². The summed E-state index contributed by atoms with van der Waals surface area (Å²) in [6.07, 6.45) is 0. The van der Waals surface area contributed by atoms with E-state index >= 15 is 0 Å². The van der Waals surface area contributed by atoms with Crippen LogP contribution in [0.4, 0.5) is 5.82 Å². The van der Waals surface area contributed by atoms with Crippen LogP contribution < -0.4 is 11.1 Å². The van der Waals surface area contributed by atoms with E-state index < -0.39 is 0 Å². The van der Waals surface area contributed by atoms with Crippen LogP contribution in [0.15, 0.2) is 54.6 Å². The van der Waals surface area contributed by atoms with Crippen LogP contribution in [0, 0.1) is 0 Å². The monoisotopic (exact) mass is 333 g/mol. The lowest BCUT2D eigenvalue weighted by atomic mass is 10.0. The molecule has 1 aliphatic rings. The molecule has 0 aliphatic carbocycles. The van der Waals surface area contributed by atoms with E-state index in [2.05, 4.69) is 20.2 Å². The molecule has 0 radical (unpaired) electrons. The molecule has 0 saturated carbocycles. The average Bonchev–Trinajstić information content (AvgIpc) is 2.63. The second-order valence-corrected chi connectivity index (χ2v) is 6.12. The Bertz CT molecular complexity index is 912. The summed E-state index contributed by atoms with van der Waals surface area (Å²) in [5, 5.41) is 3.79. The normalized spacial score (nSPS) is 18.2. The van der Waals surface area contributed by atoms with Crippen LogP contribution >= 0.6 is 0 Å². The van der Waals surface area contributed by atoms with Gasteiger partial charge in [0, 0.05) is 18.5 Å². The Morgan fingerprint density at radius 3 is 2.68 bits per heavy atom. The Hall–Kier alpha value is -2.99. The van der Waals surface area contributed by atoms with Crippen molar-refractivity contribution in [1.82, 2.24) is 20.2 Å². The maximum atomic E-state index is 12.5. The van der Waals surface area contributed by atoms with Gasteiger partial charge in [-0.15, -0.1) is 0 Å². The van der Waals surface area contributed by atoms with Crippen molar-refractivity contribution in [3.63, 3.8) is 0 Å². The van der Waals surface area contributed by atoms with Gasteiger partial charge in [0.25, 0.3) is 0 Å². The highest BCUT2D eigenvalue weighted by Gasteiger charge is 2.31. The highest BCUT2D eigenvalue weighted by molar-refractivity contribution is 5.87. The van der Waals surface area contributed by atoms with E-state index in [0.717, 1.165) is 23.0 Å². The van der Waals surface area contributed by atoms with Crippen LogP contribution in [0.3, 0.4) is 0 Å². The Labute approximate surface area is 145 Å². The first-order valence-corrected chi connectivity index (χ1v) is 8.30. The predicted octanol–water partition coefficient (Wildman–Crippen LogP) is 1.89. The minimum absolute atomic E-state index is 0.00575. The number of hydrogen-bond acceptors (Lipinski definition) is 5. The fourth-order valence-corrected chi connectivity index (χ4v) is 3.29. The van der Waals surface area contributed by atoms with Crippen LogP contribution in [-0.4, -0.2) is 33.9 Å². The first-order chi connectivity index (χ1) is 12.2.